The number of aromatic nitrogens is 3. The van der Waals surface area contributed by atoms with Gasteiger partial charge in [-0.2, -0.15) is 5.10 Å². The lowest BCUT2D eigenvalue weighted by Gasteiger charge is -2.16. The summed E-state index contributed by atoms with van der Waals surface area (Å²) in [7, 11) is 0. The molecular weight excluding hydrogens is 212 g/mol. The predicted molar refractivity (Wildman–Crippen MR) is 70.7 cm³/mol. The first-order valence-electron chi connectivity index (χ1n) is 6.77. The Morgan fingerprint density at radius 2 is 2.12 bits per heavy atom. The van der Waals surface area contributed by atoms with Crippen LogP contribution in [0, 0.1) is 5.92 Å². The molecule has 0 saturated carbocycles. The fraction of sp³-hybridized carbons (Fsp3) is 0.846. The molecule has 0 radical (unpaired) electrons. The van der Waals surface area contributed by atoms with E-state index in [4.69, 9.17) is 0 Å². The van der Waals surface area contributed by atoms with E-state index in [1.807, 2.05) is 4.68 Å². The van der Waals surface area contributed by atoms with Crippen LogP contribution >= 0.6 is 0 Å². The Morgan fingerprint density at radius 1 is 1.35 bits per heavy atom. The first-order chi connectivity index (χ1) is 8.17. The van der Waals surface area contributed by atoms with E-state index in [0.29, 0.717) is 12.0 Å². The molecule has 0 saturated heterocycles. The van der Waals surface area contributed by atoms with E-state index in [1.54, 1.807) is 6.33 Å². The Hall–Kier alpha value is -0.900. The highest BCUT2D eigenvalue weighted by molar-refractivity contribution is 4.85. The van der Waals surface area contributed by atoms with Crippen LogP contribution in [0.25, 0.3) is 0 Å². The average molecular weight is 238 g/mol. The van der Waals surface area contributed by atoms with Crippen LogP contribution in [0.15, 0.2) is 6.33 Å². The quantitative estimate of drug-likeness (QED) is 0.757. The molecule has 0 aliphatic heterocycles. The van der Waals surface area contributed by atoms with Gasteiger partial charge in [-0.05, 0) is 18.8 Å². The standard InChI is InChI=1S/C13H26N4/c1-5-7-12(6-2)14-8-13-15-10-16-17(13)9-11(3)4/h10-12,14H,5-9H2,1-4H3. The van der Waals surface area contributed by atoms with Crippen molar-refractivity contribution in [3.8, 4) is 0 Å². The molecule has 1 rings (SSSR count). The van der Waals surface area contributed by atoms with Crippen LogP contribution in [0.1, 0.15) is 52.8 Å². The van der Waals surface area contributed by atoms with Gasteiger partial charge < -0.3 is 5.32 Å². The highest BCUT2D eigenvalue weighted by Gasteiger charge is 2.09. The average Bonchev–Trinajstić information content (AvgIpc) is 2.71. The van der Waals surface area contributed by atoms with Gasteiger partial charge in [-0.1, -0.05) is 34.1 Å². The van der Waals surface area contributed by atoms with Crippen molar-refractivity contribution >= 4 is 0 Å². The second kappa shape index (κ2) is 7.43. The summed E-state index contributed by atoms with van der Waals surface area (Å²) in [4.78, 5) is 4.32. The largest absolute Gasteiger partial charge is 0.307 e. The Morgan fingerprint density at radius 3 is 2.71 bits per heavy atom. The van der Waals surface area contributed by atoms with Gasteiger partial charge in [-0.15, -0.1) is 0 Å². The number of rotatable bonds is 8. The third-order valence-electron chi connectivity index (χ3n) is 2.91. The van der Waals surface area contributed by atoms with Gasteiger partial charge in [0.1, 0.15) is 12.2 Å². The van der Waals surface area contributed by atoms with Gasteiger partial charge in [0.05, 0.1) is 6.54 Å². The van der Waals surface area contributed by atoms with Crippen LogP contribution in [-0.2, 0) is 13.1 Å². The van der Waals surface area contributed by atoms with Crippen LogP contribution in [0.5, 0.6) is 0 Å². The lowest BCUT2D eigenvalue weighted by Crippen LogP contribution is -2.29. The van der Waals surface area contributed by atoms with Crippen LogP contribution in [0.3, 0.4) is 0 Å². The molecule has 1 atom stereocenters. The Kier molecular flexibility index (Phi) is 6.19. The summed E-state index contributed by atoms with van der Waals surface area (Å²) in [5.41, 5.74) is 0. The Labute approximate surface area is 105 Å². The highest BCUT2D eigenvalue weighted by Crippen LogP contribution is 2.04. The van der Waals surface area contributed by atoms with Gasteiger partial charge in [0.25, 0.3) is 0 Å². The SMILES string of the molecule is CCCC(CC)NCc1ncnn1CC(C)C. The molecule has 1 aromatic rings. The molecule has 0 aliphatic rings. The van der Waals surface area contributed by atoms with E-state index in [0.717, 1.165) is 18.9 Å². The van der Waals surface area contributed by atoms with Crippen LogP contribution in [0.2, 0.25) is 0 Å². The molecule has 4 heteroatoms. The van der Waals surface area contributed by atoms with E-state index >= 15 is 0 Å². The molecule has 1 heterocycles. The molecule has 17 heavy (non-hydrogen) atoms. The van der Waals surface area contributed by atoms with E-state index in [2.05, 4.69) is 43.1 Å². The van der Waals surface area contributed by atoms with Crippen LogP contribution < -0.4 is 5.32 Å². The summed E-state index contributed by atoms with van der Waals surface area (Å²) in [6.07, 6.45) is 5.28. The Balaban J connectivity index is 2.47. The lowest BCUT2D eigenvalue weighted by molar-refractivity contribution is 0.423. The highest BCUT2D eigenvalue weighted by atomic mass is 15.3. The fourth-order valence-electron chi connectivity index (χ4n) is 1.96. The predicted octanol–water partition coefficient (Wildman–Crippen LogP) is 2.60. The fourth-order valence-corrected chi connectivity index (χ4v) is 1.96. The minimum Gasteiger partial charge on any atom is -0.307 e. The van der Waals surface area contributed by atoms with E-state index in [1.165, 1.54) is 19.3 Å². The summed E-state index contributed by atoms with van der Waals surface area (Å²) in [5.74, 6) is 1.65. The van der Waals surface area contributed by atoms with Crippen molar-refractivity contribution in [3.63, 3.8) is 0 Å². The van der Waals surface area contributed by atoms with Gasteiger partial charge in [-0.3, -0.25) is 0 Å². The number of hydrogen-bond acceptors (Lipinski definition) is 3. The van der Waals surface area contributed by atoms with Gasteiger partial charge in [0, 0.05) is 12.6 Å². The molecule has 0 aromatic carbocycles. The van der Waals surface area contributed by atoms with Crippen molar-refractivity contribution in [3.05, 3.63) is 12.2 Å². The second-order valence-corrected chi connectivity index (χ2v) is 5.03. The maximum absolute atomic E-state index is 4.32. The summed E-state index contributed by atoms with van der Waals surface area (Å²) in [5, 5.41) is 7.83. The van der Waals surface area contributed by atoms with Gasteiger partial charge in [0.2, 0.25) is 0 Å². The zero-order chi connectivity index (χ0) is 12.7. The summed E-state index contributed by atoms with van der Waals surface area (Å²) in [6.45, 7) is 10.6. The van der Waals surface area contributed by atoms with E-state index < -0.39 is 0 Å². The zero-order valence-electron chi connectivity index (χ0n) is 11.6. The molecule has 0 aliphatic carbocycles. The monoisotopic (exact) mass is 238 g/mol. The smallest absolute Gasteiger partial charge is 0.140 e. The molecule has 0 amide bonds. The van der Waals surface area contributed by atoms with Crippen molar-refractivity contribution in [2.75, 3.05) is 0 Å². The molecule has 98 valence electrons. The third-order valence-corrected chi connectivity index (χ3v) is 2.91. The third kappa shape index (κ3) is 4.86. The number of nitrogens with zero attached hydrogens (tertiary/aromatic N) is 3. The van der Waals surface area contributed by atoms with Crippen molar-refractivity contribution < 1.29 is 0 Å². The molecule has 4 nitrogen and oxygen atoms in total. The maximum Gasteiger partial charge on any atom is 0.140 e. The summed E-state index contributed by atoms with van der Waals surface area (Å²) >= 11 is 0. The molecular formula is C13H26N4. The number of hydrogen-bond donors (Lipinski definition) is 1. The molecule has 0 spiro atoms. The van der Waals surface area contributed by atoms with Gasteiger partial charge in [0.15, 0.2) is 0 Å². The summed E-state index contributed by atoms with van der Waals surface area (Å²) < 4.78 is 2.01. The van der Waals surface area contributed by atoms with Gasteiger partial charge in [-0.25, -0.2) is 9.67 Å². The van der Waals surface area contributed by atoms with Crippen LogP contribution in [-0.4, -0.2) is 20.8 Å². The lowest BCUT2D eigenvalue weighted by atomic mass is 10.1. The van der Waals surface area contributed by atoms with Gasteiger partial charge >= 0.3 is 0 Å². The van der Waals surface area contributed by atoms with E-state index in [9.17, 15) is 0 Å². The topological polar surface area (TPSA) is 42.7 Å². The minimum atomic E-state index is 0.601. The first kappa shape index (κ1) is 14.2. The number of nitrogens with one attached hydrogen (secondary N) is 1. The molecule has 0 fully saturated rings. The maximum atomic E-state index is 4.32. The normalized spacial score (nSPS) is 13.2. The molecule has 1 N–H and O–H groups in total. The zero-order valence-corrected chi connectivity index (χ0v) is 11.6. The first-order valence-corrected chi connectivity index (χ1v) is 6.77. The van der Waals surface area contributed by atoms with Crippen molar-refractivity contribution in [1.82, 2.24) is 20.1 Å². The molecule has 0 bridgehead atoms. The van der Waals surface area contributed by atoms with Crippen LogP contribution in [0.4, 0.5) is 0 Å². The molecule has 1 unspecified atom stereocenters. The summed E-state index contributed by atoms with van der Waals surface area (Å²) in [6, 6.07) is 0.601. The minimum absolute atomic E-state index is 0.601. The van der Waals surface area contributed by atoms with E-state index in [-0.39, 0.29) is 0 Å². The van der Waals surface area contributed by atoms with Crippen molar-refractivity contribution in [1.29, 1.82) is 0 Å². The second-order valence-electron chi connectivity index (χ2n) is 5.03. The van der Waals surface area contributed by atoms with Crippen molar-refractivity contribution in [2.45, 2.75) is 66.1 Å². The molecule has 1 aromatic heterocycles. The van der Waals surface area contributed by atoms with Crippen molar-refractivity contribution in [2.24, 2.45) is 5.92 Å². The Bertz CT molecular complexity index is 306.